The molecule has 3 N–H and O–H groups in total. The van der Waals surface area contributed by atoms with Crippen LogP contribution in [0, 0.1) is 0 Å². The predicted octanol–water partition coefficient (Wildman–Crippen LogP) is 0.562. The number of rotatable bonds is 6. The molecule has 1 atom stereocenters. The monoisotopic (exact) mass is 312 g/mol. The first kappa shape index (κ1) is 15.9. The lowest BCUT2D eigenvalue weighted by atomic mass is 10.1. The van der Waals surface area contributed by atoms with E-state index in [9.17, 15) is 13.2 Å². The molecule has 7 heteroatoms. The first-order valence-electron chi connectivity index (χ1n) is 6.98. The number of nitrogens with one attached hydrogen (secondary N) is 1. The molecule has 6 nitrogen and oxygen atoms in total. The Labute approximate surface area is 124 Å². The average Bonchev–Trinajstić information content (AvgIpc) is 2.97. The summed E-state index contributed by atoms with van der Waals surface area (Å²) in [5, 5.41) is 7.89. The molecule has 21 heavy (non-hydrogen) atoms. The molecular weight excluding hydrogens is 292 g/mol. The number of benzene rings is 1. The van der Waals surface area contributed by atoms with Gasteiger partial charge in [0.15, 0.2) is 0 Å². The number of hydrogen-bond donors (Lipinski definition) is 2. The molecule has 0 saturated carbocycles. The molecule has 1 fully saturated rings. The summed E-state index contributed by atoms with van der Waals surface area (Å²) in [4.78, 5) is 11.8. The first-order valence-corrected chi connectivity index (χ1v) is 8.52. The minimum Gasteiger partial charge on any atom is -0.368 e. The highest BCUT2D eigenvalue weighted by Gasteiger charge is 2.22. The van der Waals surface area contributed by atoms with Crippen LogP contribution in [0.3, 0.4) is 0 Å². The highest BCUT2D eigenvalue weighted by Crippen LogP contribution is 2.12. The molecule has 0 aromatic heterocycles. The molecule has 0 radical (unpaired) electrons. The Hall–Kier alpha value is -1.44. The van der Waals surface area contributed by atoms with Crippen molar-refractivity contribution >= 4 is 15.9 Å². The molecule has 1 aromatic rings. The molecule has 0 bridgehead atoms. The van der Waals surface area contributed by atoms with Gasteiger partial charge in [-0.1, -0.05) is 12.1 Å². The largest absolute Gasteiger partial charge is 0.368 e. The molecule has 1 saturated heterocycles. The van der Waals surface area contributed by atoms with Gasteiger partial charge in [0.05, 0.1) is 4.90 Å². The Morgan fingerprint density at radius 1 is 1.33 bits per heavy atom. The maximum Gasteiger partial charge on any atom is 0.249 e. The zero-order chi connectivity index (χ0) is 15.3. The van der Waals surface area contributed by atoms with E-state index in [4.69, 9.17) is 9.88 Å². The van der Waals surface area contributed by atoms with Crippen molar-refractivity contribution in [2.75, 3.05) is 13.2 Å². The minimum atomic E-state index is -3.64. The summed E-state index contributed by atoms with van der Waals surface area (Å²) < 4.78 is 27.5. The van der Waals surface area contributed by atoms with E-state index in [-0.39, 0.29) is 16.9 Å². The van der Waals surface area contributed by atoms with E-state index >= 15 is 0 Å². The molecule has 1 amide bonds. The lowest BCUT2D eigenvalue weighted by molar-refractivity contribution is -0.130. The maximum absolute atomic E-state index is 11.7. The standard InChI is InChI=1S/C14H20N2O4S/c15-21(18,19)12-7-5-11(6-8-12)3-1-9-16-14(17)13-4-2-10-20-13/h5-8,13H,1-4,9-10H2,(H,16,17)(H2,15,18,19). The smallest absolute Gasteiger partial charge is 0.249 e. The van der Waals surface area contributed by atoms with Crippen molar-refractivity contribution in [3.8, 4) is 0 Å². The fourth-order valence-electron chi connectivity index (χ4n) is 2.25. The van der Waals surface area contributed by atoms with Crippen LogP contribution in [0.4, 0.5) is 0 Å². The molecule has 1 aromatic carbocycles. The number of primary sulfonamides is 1. The van der Waals surface area contributed by atoms with Crippen molar-refractivity contribution in [2.24, 2.45) is 5.14 Å². The predicted molar refractivity (Wildman–Crippen MR) is 78.1 cm³/mol. The molecule has 0 spiro atoms. The van der Waals surface area contributed by atoms with Gasteiger partial charge in [0.2, 0.25) is 15.9 Å². The first-order chi connectivity index (χ1) is 9.97. The quantitative estimate of drug-likeness (QED) is 0.750. The summed E-state index contributed by atoms with van der Waals surface area (Å²) in [7, 11) is -3.64. The third-order valence-electron chi connectivity index (χ3n) is 3.42. The lowest BCUT2D eigenvalue weighted by Gasteiger charge is -2.10. The van der Waals surface area contributed by atoms with E-state index in [1.165, 1.54) is 12.1 Å². The van der Waals surface area contributed by atoms with Crippen LogP contribution in [-0.4, -0.2) is 33.6 Å². The number of carbonyl (C=O) groups excluding carboxylic acids is 1. The molecule has 2 rings (SSSR count). The second-order valence-electron chi connectivity index (χ2n) is 5.09. The lowest BCUT2D eigenvalue weighted by Crippen LogP contribution is -2.34. The zero-order valence-electron chi connectivity index (χ0n) is 11.7. The van der Waals surface area contributed by atoms with Crippen molar-refractivity contribution in [3.05, 3.63) is 29.8 Å². The number of aryl methyl sites for hydroxylation is 1. The molecule has 116 valence electrons. The van der Waals surface area contributed by atoms with E-state index in [2.05, 4.69) is 5.32 Å². The second kappa shape index (κ2) is 7.02. The van der Waals surface area contributed by atoms with E-state index in [0.717, 1.165) is 31.2 Å². The van der Waals surface area contributed by atoms with E-state index in [1.807, 2.05) is 0 Å². The van der Waals surface area contributed by atoms with Gasteiger partial charge >= 0.3 is 0 Å². The summed E-state index contributed by atoms with van der Waals surface area (Å²) in [5.74, 6) is -0.0444. The Balaban J connectivity index is 1.72. The van der Waals surface area contributed by atoms with Crippen LogP contribution in [0.25, 0.3) is 0 Å². The van der Waals surface area contributed by atoms with Gasteiger partial charge in [-0.2, -0.15) is 0 Å². The fraction of sp³-hybridized carbons (Fsp3) is 0.500. The van der Waals surface area contributed by atoms with Gasteiger partial charge in [0.25, 0.3) is 0 Å². The summed E-state index contributed by atoms with van der Waals surface area (Å²) in [6.07, 6.45) is 2.98. The van der Waals surface area contributed by atoms with Crippen LogP contribution >= 0.6 is 0 Å². The fourth-order valence-corrected chi connectivity index (χ4v) is 2.76. The third kappa shape index (κ3) is 4.80. The van der Waals surface area contributed by atoms with Gasteiger partial charge in [-0.05, 0) is 43.4 Å². The summed E-state index contributed by atoms with van der Waals surface area (Å²) >= 11 is 0. The molecule has 1 heterocycles. The number of carbonyl (C=O) groups is 1. The van der Waals surface area contributed by atoms with Crippen LogP contribution in [-0.2, 0) is 26.0 Å². The number of nitrogens with two attached hydrogens (primary N) is 1. The van der Waals surface area contributed by atoms with E-state index in [0.29, 0.717) is 13.2 Å². The number of ether oxygens (including phenoxy) is 1. The molecule has 1 aliphatic rings. The summed E-state index contributed by atoms with van der Waals surface area (Å²) in [6, 6.07) is 6.47. The number of sulfonamides is 1. The van der Waals surface area contributed by atoms with Gasteiger partial charge < -0.3 is 10.1 Å². The highest BCUT2D eigenvalue weighted by atomic mass is 32.2. The van der Waals surface area contributed by atoms with Gasteiger partial charge in [0, 0.05) is 13.2 Å². The van der Waals surface area contributed by atoms with Crippen LogP contribution in [0.5, 0.6) is 0 Å². The van der Waals surface area contributed by atoms with Crippen LogP contribution in [0.1, 0.15) is 24.8 Å². The zero-order valence-corrected chi connectivity index (χ0v) is 12.6. The Morgan fingerprint density at radius 2 is 2.05 bits per heavy atom. The van der Waals surface area contributed by atoms with Gasteiger partial charge in [-0.3, -0.25) is 4.79 Å². The summed E-state index contributed by atoms with van der Waals surface area (Å²) in [6.45, 7) is 1.24. The SMILES string of the molecule is NS(=O)(=O)c1ccc(CCCNC(=O)C2CCCO2)cc1. The second-order valence-corrected chi connectivity index (χ2v) is 6.65. The average molecular weight is 312 g/mol. The topological polar surface area (TPSA) is 98.5 Å². The van der Waals surface area contributed by atoms with E-state index in [1.54, 1.807) is 12.1 Å². The molecule has 0 aliphatic carbocycles. The van der Waals surface area contributed by atoms with Crippen molar-refractivity contribution in [1.29, 1.82) is 0 Å². The normalized spacial score (nSPS) is 18.6. The van der Waals surface area contributed by atoms with Gasteiger partial charge in [0.1, 0.15) is 6.10 Å². The minimum absolute atomic E-state index is 0.0444. The van der Waals surface area contributed by atoms with Crippen molar-refractivity contribution in [3.63, 3.8) is 0 Å². The van der Waals surface area contributed by atoms with Crippen LogP contribution < -0.4 is 10.5 Å². The molecule has 1 unspecified atom stereocenters. The Kier molecular flexibility index (Phi) is 5.33. The van der Waals surface area contributed by atoms with Gasteiger partial charge in [-0.15, -0.1) is 0 Å². The molecule has 1 aliphatic heterocycles. The number of amides is 1. The van der Waals surface area contributed by atoms with Crippen molar-refractivity contribution < 1.29 is 17.9 Å². The van der Waals surface area contributed by atoms with Crippen molar-refractivity contribution in [2.45, 2.75) is 36.7 Å². The third-order valence-corrected chi connectivity index (χ3v) is 4.34. The van der Waals surface area contributed by atoms with Crippen LogP contribution in [0.15, 0.2) is 29.2 Å². The Morgan fingerprint density at radius 3 is 2.62 bits per heavy atom. The number of hydrogen-bond acceptors (Lipinski definition) is 4. The van der Waals surface area contributed by atoms with E-state index < -0.39 is 10.0 Å². The van der Waals surface area contributed by atoms with Crippen molar-refractivity contribution in [1.82, 2.24) is 5.32 Å². The van der Waals surface area contributed by atoms with Gasteiger partial charge in [-0.25, -0.2) is 13.6 Å². The highest BCUT2D eigenvalue weighted by molar-refractivity contribution is 7.89. The summed E-state index contributed by atoms with van der Waals surface area (Å²) in [5.41, 5.74) is 1.01. The Bertz CT molecular complexity index is 577. The van der Waals surface area contributed by atoms with Crippen LogP contribution in [0.2, 0.25) is 0 Å². The molecular formula is C14H20N2O4S. The maximum atomic E-state index is 11.7.